The summed E-state index contributed by atoms with van der Waals surface area (Å²) >= 11 is 0. The molecule has 5 heteroatoms. The van der Waals surface area contributed by atoms with Crippen LogP contribution in [0.3, 0.4) is 0 Å². The van der Waals surface area contributed by atoms with Crippen LogP contribution in [0.1, 0.15) is 37.2 Å². The van der Waals surface area contributed by atoms with Gasteiger partial charge in [-0.05, 0) is 52.4 Å². The quantitative estimate of drug-likeness (QED) is 0.869. The summed E-state index contributed by atoms with van der Waals surface area (Å²) in [5.74, 6) is 1.43. The highest BCUT2D eigenvalue weighted by Crippen LogP contribution is 2.26. The van der Waals surface area contributed by atoms with Crippen LogP contribution in [0.15, 0.2) is 18.3 Å². The average Bonchev–Trinajstić information content (AvgIpc) is 2.95. The molecular formula is C16H23N5. The molecule has 2 aromatic heterocycles. The second-order valence-electron chi connectivity index (χ2n) is 5.89. The number of hydrogen-bond acceptors (Lipinski definition) is 4. The maximum absolute atomic E-state index is 4.84. The number of aryl methyl sites for hydroxylation is 2. The summed E-state index contributed by atoms with van der Waals surface area (Å²) in [6, 6.07) is 4.08. The Hall–Kier alpha value is -1.75. The third-order valence-corrected chi connectivity index (χ3v) is 4.14. The second-order valence-corrected chi connectivity index (χ2v) is 5.89. The van der Waals surface area contributed by atoms with Crippen molar-refractivity contribution in [3.8, 4) is 11.4 Å². The molecule has 0 aromatic carbocycles. The molecule has 0 saturated carbocycles. The number of nitrogens with zero attached hydrogens (tertiary/aromatic N) is 5. The van der Waals surface area contributed by atoms with Crippen molar-refractivity contribution in [1.82, 2.24) is 24.6 Å². The summed E-state index contributed by atoms with van der Waals surface area (Å²) < 4.78 is 1.98. The van der Waals surface area contributed by atoms with Gasteiger partial charge in [-0.3, -0.25) is 4.68 Å². The SMILES string of the molecule is CCn1nccc1-c1cc(C)nc([C@@H]2CCCN(C)C2)n1. The normalized spacial score (nSPS) is 19.9. The summed E-state index contributed by atoms with van der Waals surface area (Å²) in [5.41, 5.74) is 3.10. The molecule has 5 nitrogen and oxygen atoms in total. The van der Waals surface area contributed by atoms with Crippen LogP contribution in [-0.4, -0.2) is 44.8 Å². The maximum atomic E-state index is 4.84. The molecule has 1 saturated heterocycles. The first-order valence-corrected chi connectivity index (χ1v) is 7.73. The summed E-state index contributed by atoms with van der Waals surface area (Å²) in [5, 5.41) is 4.34. The lowest BCUT2D eigenvalue weighted by atomic mass is 9.97. The van der Waals surface area contributed by atoms with E-state index in [1.54, 1.807) is 0 Å². The van der Waals surface area contributed by atoms with Crippen LogP contribution in [0.2, 0.25) is 0 Å². The van der Waals surface area contributed by atoms with E-state index in [9.17, 15) is 0 Å². The third-order valence-electron chi connectivity index (χ3n) is 4.14. The lowest BCUT2D eigenvalue weighted by molar-refractivity contribution is 0.246. The van der Waals surface area contributed by atoms with E-state index in [4.69, 9.17) is 4.98 Å². The van der Waals surface area contributed by atoms with Gasteiger partial charge in [0.1, 0.15) is 5.82 Å². The molecule has 0 radical (unpaired) electrons. The number of likely N-dealkylation sites (N-methyl/N-ethyl adjacent to an activating group) is 1. The summed E-state index contributed by atoms with van der Waals surface area (Å²) in [6.45, 7) is 7.23. The molecule has 1 aliphatic rings. The first-order valence-electron chi connectivity index (χ1n) is 7.73. The fourth-order valence-electron chi connectivity index (χ4n) is 3.08. The van der Waals surface area contributed by atoms with Crippen LogP contribution in [0, 0.1) is 6.92 Å². The molecule has 0 bridgehead atoms. The van der Waals surface area contributed by atoms with Crippen molar-refractivity contribution in [2.45, 2.75) is 39.2 Å². The Kier molecular flexibility index (Phi) is 4.01. The minimum atomic E-state index is 0.445. The zero-order chi connectivity index (χ0) is 14.8. The van der Waals surface area contributed by atoms with Gasteiger partial charge in [-0.1, -0.05) is 0 Å². The standard InChI is InChI=1S/C16H23N5/c1-4-21-15(7-8-17-21)14-10-12(2)18-16(19-14)13-6-5-9-20(3)11-13/h7-8,10,13H,4-6,9,11H2,1-3H3/t13-/m1/s1. The summed E-state index contributed by atoms with van der Waals surface area (Å²) in [6.07, 6.45) is 4.24. The predicted molar refractivity (Wildman–Crippen MR) is 83.1 cm³/mol. The van der Waals surface area contributed by atoms with E-state index in [0.29, 0.717) is 5.92 Å². The number of likely N-dealkylation sites (tertiary alicyclic amines) is 1. The summed E-state index contributed by atoms with van der Waals surface area (Å²) in [7, 11) is 2.18. The predicted octanol–water partition coefficient (Wildman–Crippen LogP) is 2.48. The Morgan fingerprint density at radius 1 is 1.33 bits per heavy atom. The Morgan fingerprint density at radius 3 is 2.95 bits per heavy atom. The van der Waals surface area contributed by atoms with Crippen LogP contribution in [-0.2, 0) is 6.54 Å². The Balaban J connectivity index is 1.96. The van der Waals surface area contributed by atoms with Crippen molar-refractivity contribution in [3.05, 3.63) is 29.8 Å². The smallest absolute Gasteiger partial charge is 0.133 e. The number of hydrogen-bond donors (Lipinski definition) is 0. The minimum Gasteiger partial charge on any atom is -0.306 e. The van der Waals surface area contributed by atoms with Crippen molar-refractivity contribution in [2.24, 2.45) is 0 Å². The monoisotopic (exact) mass is 285 g/mol. The van der Waals surface area contributed by atoms with Gasteiger partial charge in [0.2, 0.25) is 0 Å². The highest BCUT2D eigenvalue weighted by atomic mass is 15.3. The maximum Gasteiger partial charge on any atom is 0.133 e. The third kappa shape index (κ3) is 2.97. The van der Waals surface area contributed by atoms with Crippen LogP contribution >= 0.6 is 0 Å². The lowest BCUT2D eigenvalue weighted by Crippen LogP contribution is -2.31. The van der Waals surface area contributed by atoms with E-state index in [1.807, 2.05) is 23.9 Å². The molecule has 1 aliphatic heterocycles. The van der Waals surface area contributed by atoms with Crippen molar-refractivity contribution >= 4 is 0 Å². The lowest BCUT2D eigenvalue weighted by Gasteiger charge is -2.28. The zero-order valence-corrected chi connectivity index (χ0v) is 13.1. The highest BCUT2D eigenvalue weighted by Gasteiger charge is 2.22. The first kappa shape index (κ1) is 14.2. The second kappa shape index (κ2) is 5.93. The number of rotatable bonds is 3. The van der Waals surface area contributed by atoms with Gasteiger partial charge < -0.3 is 4.90 Å². The van der Waals surface area contributed by atoms with Crippen LogP contribution < -0.4 is 0 Å². The Bertz CT molecular complexity index is 619. The van der Waals surface area contributed by atoms with Crippen LogP contribution in [0.5, 0.6) is 0 Å². The Labute approximate surface area is 126 Å². The number of aromatic nitrogens is 4. The zero-order valence-electron chi connectivity index (χ0n) is 13.1. The molecule has 2 aromatic rings. The van der Waals surface area contributed by atoms with Crippen molar-refractivity contribution in [1.29, 1.82) is 0 Å². The van der Waals surface area contributed by atoms with Gasteiger partial charge >= 0.3 is 0 Å². The van der Waals surface area contributed by atoms with E-state index in [2.05, 4.69) is 35.0 Å². The van der Waals surface area contributed by atoms with Gasteiger partial charge in [0.05, 0.1) is 11.4 Å². The summed E-state index contributed by atoms with van der Waals surface area (Å²) in [4.78, 5) is 11.9. The fourth-order valence-corrected chi connectivity index (χ4v) is 3.08. The minimum absolute atomic E-state index is 0.445. The van der Waals surface area contributed by atoms with Gasteiger partial charge in [-0.25, -0.2) is 9.97 Å². The van der Waals surface area contributed by atoms with Gasteiger partial charge in [0.25, 0.3) is 0 Å². The van der Waals surface area contributed by atoms with Gasteiger partial charge in [-0.2, -0.15) is 5.10 Å². The molecule has 1 fully saturated rings. The number of piperidine rings is 1. The first-order chi connectivity index (χ1) is 10.2. The molecular weight excluding hydrogens is 262 g/mol. The van der Waals surface area contributed by atoms with E-state index in [-0.39, 0.29) is 0 Å². The van der Waals surface area contributed by atoms with E-state index < -0.39 is 0 Å². The fraction of sp³-hybridized carbons (Fsp3) is 0.562. The van der Waals surface area contributed by atoms with Gasteiger partial charge in [0.15, 0.2) is 0 Å². The molecule has 0 unspecified atom stereocenters. The molecule has 1 atom stereocenters. The van der Waals surface area contributed by atoms with Crippen LogP contribution in [0.25, 0.3) is 11.4 Å². The molecule has 0 aliphatic carbocycles. The van der Waals surface area contributed by atoms with Gasteiger partial charge in [-0.15, -0.1) is 0 Å². The van der Waals surface area contributed by atoms with Crippen LogP contribution in [0.4, 0.5) is 0 Å². The molecule has 112 valence electrons. The molecule has 0 N–H and O–H groups in total. The van der Waals surface area contributed by atoms with Gasteiger partial charge in [0, 0.05) is 30.9 Å². The highest BCUT2D eigenvalue weighted by molar-refractivity contribution is 5.54. The van der Waals surface area contributed by atoms with Crippen molar-refractivity contribution < 1.29 is 0 Å². The molecule has 0 spiro atoms. The molecule has 21 heavy (non-hydrogen) atoms. The molecule has 0 amide bonds. The van der Waals surface area contributed by atoms with E-state index in [0.717, 1.165) is 36.0 Å². The van der Waals surface area contributed by atoms with Crippen molar-refractivity contribution in [3.63, 3.8) is 0 Å². The molecule has 3 rings (SSSR count). The molecule has 3 heterocycles. The largest absolute Gasteiger partial charge is 0.306 e. The van der Waals surface area contributed by atoms with E-state index in [1.165, 1.54) is 19.4 Å². The Morgan fingerprint density at radius 2 is 2.19 bits per heavy atom. The van der Waals surface area contributed by atoms with E-state index >= 15 is 0 Å². The topological polar surface area (TPSA) is 46.8 Å². The average molecular weight is 285 g/mol. The van der Waals surface area contributed by atoms with Crippen molar-refractivity contribution in [2.75, 3.05) is 20.1 Å².